The monoisotopic (exact) mass is 305 g/mol. The molecule has 2 aromatic carbocycles. The van der Waals surface area contributed by atoms with Crippen LogP contribution < -0.4 is 4.90 Å². The molecule has 5 nitrogen and oxygen atoms in total. The number of amides is 1. The molecule has 23 heavy (non-hydrogen) atoms. The van der Waals surface area contributed by atoms with Gasteiger partial charge in [0.2, 0.25) is 12.1 Å². The Morgan fingerprint density at radius 3 is 2.61 bits per heavy atom. The van der Waals surface area contributed by atoms with Crippen LogP contribution in [0.1, 0.15) is 22.8 Å². The van der Waals surface area contributed by atoms with E-state index in [-0.39, 0.29) is 5.91 Å². The number of hydrogen-bond donors (Lipinski definition) is 0. The van der Waals surface area contributed by atoms with Gasteiger partial charge >= 0.3 is 0 Å². The van der Waals surface area contributed by atoms with E-state index in [1.807, 2.05) is 31.2 Å². The Balaban J connectivity index is 2.10. The maximum absolute atomic E-state index is 12.9. The van der Waals surface area contributed by atoms with Crippen LogP contribution >= 0.6 is 0 Å². The Hall–Kier alpha value is -3.13. The van der Waals surface area contributed by atoms with Gasteiger partial charge in [-0.3, -0.25) is 9.69 Å². The smallest absolute Gasteiger partial charge is 0.260 e. The molecule has 0 aliphatic carbocycles. The average molecular weight is 305 g/mol. The van der Waals surface area contributed by atoms with Gasteiger partial charge in [-0.25, -0.2) is 4.99 Å². The third kappa shape index (κ3) is 2.67. The van der Waals surface area contributed by atoms with Gasteiger partial charge in [-0.2, -0.15) is 5.26 Å². The third-order valence-electron chi connectivity index (χ3n) is 3.51. The van der Waals surface area contributed by atoms with Crippen LogP contribution in [0, 0.1) is 11.3 Å². The summed E-state index contributed by atoms with van der Waals surface area (Å²) in [5.74, 6) is 0.135. The first-order chi connectivity index (χ1) is 11.3. The van der Waals surface area contributed by atoms with Gasteiger partial charge in [0, 0.05) is 5.56 Å². The largest absolute Gasteiger partial charge is 0.478 e. The van der Waals surface area contributed by atoms with Gasteiger partial charge in [-0.05, 0) is 31.2 Å². The van der Waals surface area contributed by atoms with Crippen LogP contribution in [0.15, 0.2) is 59.6 Å². The second-order valence-electron chi connectivity index (χ2n) is 4.93. The van der Waals surface area contributed by atoms with Crippen LogP contribution in [0.25, 0.3) is 0 Å². The topological polar surface area (TPSA) is 65.7 Å². The van der Waals surface area contributed by atoms with Crippen molar-refractivity contribution in [1.29, 1.82) is 5.26 Å². The molecule has 0 radical (unpaired) electrons. The van der Waals surface area contributed by atoms with E-state index in [2.05, 4.69) is 11.1 Å². The number of fused-ring (bicyclic) bond motifs is 1. The van der Waals surface area contributed by atoms with Crippen LogP contribution in [-0.2, 0) is 4.74 Å². The molecular weight excluding hydrogens is 290 g/mol. The Morgan fingerprint density at radius 2 is 1.91 bits per heavy atom. The van der Waals surface area contributed by atoms with Gasteiger partial charge in [0.25, 0.3) is 5.91 Å². The second kappa shape index (κ2) is 6.32. The van der Waals surface area contributed by atoms with E-state index in [4.69, 9.17) is 4.74 Å². The molecule has 0 N–H and O–H groups in total. The summed E-state index contributed by atoms with van der Waals surface area (Å²) in [4.78, 5) is 18.6. The zero-order valence-electron chi connectivity index (χ0n) is 12.6. The Labute approximate surface area is 134 Å². The standard InChI is InChI=1S/C18H15N3O2/c1-2-23-17-14-10-6-7-11-15(14)21(16(12-19)20-17)18(22)13-8-4-3-5-9-13/h3-11,16H,2H2,1H3. The maximum Gasteiger partial charge on any atom is 0.260 e. The summed E-state index contributed by atoms with van der Waals surface area (Å²) >= 11 is 0. The lowest BCUT2D eigenvalue weighted by atomic mass is 10.1. The molecule has 1 aliphatic rings. The van der Waals surface area contributed by atoms with Crippen molar-refractivity contribution < 1.29 is 9.53 Å². The molecule has 1 unspecified atom stereocenters. The number of ether oxygens (including phenoxy) is 1. The molecule has 1 heterocycles. The molecule has 0 aromatic heterocycles. The zero-order chi connectivity index (χ0) is 16.2. The van der Waals surface area contributed by atoms with Gasteiger partial charge < -0.3 is 4.74 Å². The molecule has 0 spiro atoms. The molecule has 0 bridgehead atoms. The highest BCUT2D eigenvalue weighted by Gasteiger charge is 2.33. The van der Waals surface area contributed by atoms with E-state index in [0.29, 0.717) is 29.3 Å². The number of benzene rings is 2. The molecule has 114 valence electrons. The number of nitrogens with zero attached hydrogens (tertiary/aromatic N) is 3. The van der Waals surface area contributed by atoms with E-state index in [1.165, 1.54) is 4.90 Å². The number of aliphatic imine (C=N–C) groups is 1. The molecule has 3 rings (SSSR count). The molecule has 0 saturated carbocycles. The fourth-order valence-electron chi connectivity index (χ4n) is 2.51. The van der Waals surface area contributed by atoms with Gasteiger partial charge in [0.15, 0.2) is 0 Å². The predicted octanol–water partition coefficient (Wildman–Crippen LogP) is 2.98. The quantitative estimate of drug-likeness (QED) is 0.856. The van der Waals surface area contributed by atoms with E-state index in [1.54, 1.807) is 30.3 Å². The van der Waals surface area contributed by atoms with Gasteiger partial charge in [-0.15, -0.1) is 0 Å². The van der Waals surface area contributed by atoms with Crippen molar-refractivity contribution in [3.63, 3.8) is 0 Å². The van der Waals surface area contributed by atoms with Crippen LogP contribution in [-0.4, -0.2) is 24.6 Å². The summed E-state index contributed by atoms with van der Waals surface area (Å²) in [6, 6.07) is 18.3. The first kappa shape index (κ1) is 14.8. The van der Waals surface area contributed by atoms with Crippen LogP contribution in [0.5, 0.6) is 0 Å². The van der Waals surface area contributed by atoms with Crippen LogP contribution in [0.3, 0.4) is 0 Å². The van der Waals surface area contributed by atoms with Crippen molar-refractivity contribution in [3.05, 3.63) is 65.7 Å². The summed E-state index contributed by atoms with van der Waals surface area (Å²) in [5.41, 5.74) is 1.86. The van der Waals surface area contributed by atoms with Crippen LogP contribution in [0.4, 0.5) is 5.69 Å². The molecule has 1 atom stereocenters. The van der Waals surface area contributed by atoms with Crippen molar-refractivity contribution in [2.45, 2.75) is 13.1 Å². The third-order valence-corrected chi connectivity index (χ3v) is 3.51. The first-order valence-corrected chi connectivity index (χ1v) is 7.34. The Bertz CT molecular complexity index is 793. The van der Waals surface area contributed by atoms with E-state index < -0.39 is 6.17 Å². The fraction of sp³-hybridized carbons (Fsp3) is 0.167. The highest BCUT2D eigenvalue weighted by Crippen LogP contribution is 2.30. The zero-order valence-corrected chi connectivity index (χ0v) is 12.6. The van der Waals surface area contributed by atoms with E-state index in [9.17, 15) is 10.1 Å². The Kier molecular flexibility index (Phi) is 4.07. The van der Waals surface area contributed by atoms with Gasteiger partial charge in [-0.1, -0.05) is 30.3 Å². The molecule has 2 aromatic rings. The van der Waals surface area contributed by atoms with Crippen molar-refractivity contribution in [3.8, 4) is 6.07 Å². The number of rotatable bonds is 2. The summed E-state index contributed by atoms with van der Waals surface area (Å²) in [6.45, 7) is 2.30. The summed E-state index contributed by atoms with van der Waals surface area (Å²) in [5, 5.41) is 9.46. The minimum absolute atomic E-state index is 0.260. The highest BCUT2D eigenvalue weighted by atomic mass is 16.5. The summed E-state index contributed by atoms with van der Waals surface area (Å²) < 4.78 is 5.54. The SMILES string of the molecule is CCOC1=NC(C#N)N(C(=O)c2ccccc2)c2ccccc21. The van der Waals surface area contributed by atoms with Crippen molar-refractivity contribution >= 4 is 17.5 Å². The molecular formula is C18H15N3O2. The number of anilines is 1. The normalized spacial score (nSPS) is 16.1. The molecule has 0 saturated heterocycles. The molecule has 0 fully saturated rings. The van der Waals surface area contributed by atoms with Crippen molar-refractivity contribution in [2.24, 2.45) is 4.99 Å². The molecule has 1 amide bonds. The minimum Gasteiger partial charge on any atom is -0.478 e. The van der Waals surface area contributed by atoms with E-state index >= 15 is 0 Å². The first-order valence-electron chi connectivity index (χ1n) is 7.34. The lowest BCUT2D eigenvalue weighted by Crippen LogP contribution is -2.43. The number of hydrogen-bond acceptors (Lipinski definition) is 4. The van der Waals surface area contributed by atoms with Gasteiger partial charge in [0.05, 0.1) is 17.9 Å². The lowest BCUT2D eigenvalue weighted by Gasteiger charge is -2.31. The van der Waals surface area contributed by atoms with Crippen molar-refractivity contribution in [1.82, 2.24) is 0 Å². The highest BCUT2D eigenvalue weighted by molar-refractivity contribution is 6.12. The predicted molar refractivity (Wildman–Crippen MR) is 87.3 cm³/mol. The number of nitriles is 1. The van der Waals surface area contributed by atoms with E-state index in [0.717, 1.165) is 0 Å². The lowest BCUT2D eigenvalue weighted by molar-refractivity contribution is 0.0981. The average Bonchev–Trinajstić information content (AvgIpc) is 2.62. The fourth-order valence-corrected chi connectivity index (χ4v) is 2.51. The summed E-state index contributed by atoms with van der Waals surface area (Å²) in [6.07, 6.45) is -0.945. The number of carbonyl (C=O) groups is 1. The second-order valence-corrected chi connectivity index (χ2v) is 4.93. The molecule has 1 aliphatic heterocycles. The Morgan fingerprint density at radius 1 is 1.22 bits per heavy atom. The van der Waals surface area contributed by atoms with Crippen LogP contribution in [0.2, 0.25) is 0 Å². The maximum atomic E-state index is 12.9. The molecule has 5 heteroatoms. The summed E-state index contributed by atoms with van der Waals surface area (Å²) in [7, 11) is 0. The minimum atomic E-state index is -0.945. The number of para-hydroxylation sites is 1. The van der Waals surface area contributed by atoms with Gasteiger partial charge in [0.1, 0.15) is 6.07 Å². The van der Waals surface area contributed by atoms with Crippen molar-refractivity contribution in [2.75, 3.05) is 11.5 Å². The number of carbonyl (C=O) groups excluding carboxylic acids is 1.